The number of ether oxygens (including phenoxy) is 1. The zero-order valence-corrected chi connectivity index (χ0v) is 19.6. The van der Waals surface area contributed by atoms with E-state index in [0.29, 0.717) is 12.6 Å². The molecule has 2 N–H and O–H groups in total. The van der Waals surface area contributed by atoms with Crippen molar-refractivity contribution in [1.29, 1.82) is 0 Å². The number of hydrogen-bond acceptors (Lipinski definition) is 8. The molecule has 3 aliphatic heterocycles. The number of aryl methyl sites for hydroxylation is 1. The van der Waals surface area contributed by atoms with Crippen molar-refractivity contribution in [2.75, 3.05) is 36.9 Å². The summed E-state index contributed by atoms with van der Waals surface area (Å²) >= 11 is 1.64. The van der Waals surface area contributed by atoms with Gasteiger partial charge in [-0.1, -0.05) is 17.9 Å². The Kier molecular flexibility index (Phi) is 4.87. The van der Waals surface area contributed by atoms with E-state index in [2.05, 4.69) is 61.7 Å². The molecule has 168 valence electrons. The fourth-order valence-corrected chi connectivity index (χ4v) is 5.78. The molecule has 8 heteroatoms. The molecule has 2 aromatic heterocycles. The minimum Gasteiger partial charge on any atom is -0.379 e. The molecule has 2 fully saturated rings. The fraction of sp³-hybridized carbons (Fsp3) is 0.400. The smallest absolute Gasteiger partial charge is 0.221 e. The number of fused-ring (bicyclic) bond motifs is 4. The molecule has 0 aliphatic carbocycles. The summed E-state index contributed by atoms with van der Waals surface area (Å²) in [7, 11) is 0. The Balaban J connectivity index is 1.44. The monoisotopic (exact) mass is 458 g/mol. The number of hydrogen-bond donors (Lipinski definition) is 1. The first-order valence-corrected chi connectivity index (χ1v) is 12.2. The van der Waals surface area contributed by atoms with Crippen LogP contribution in [-0.2, 0) is 10.3 Å². The predicted molar refractivity (Wildman–Crippen MR) is 130 cm³/mol. The second-order valence-electron chi connectivity index (χ2n) is 9.09. The molecule has 1 spiro atoms. The van der Waals surface area contributed by atoms with Crippen molar-refractivity contribution in [1.82, 2.24) is 19.9 Å². The molecule has 3 aromatic rings. The molecule has 6 rings (SSSR count). The van der Waals surface area contributed by atoms with E-state index in [1.54, 1.807) is 17.5 Å². The van der Waals surface area contributed by atoms with E-state index in [0.717, 1.165) is 53.8 Å². The molecule has 5 heterocycles. The quantitative estimate of drug-likeness (QED) is 0.465. The summed E-state index contributed by atoms with van der Waals surface area (Å²) in [5.74, 6) is 7.97. The highest BCUT2D eigenvalue weighted by atomic mass is 32.1. The van der Waals surface area contributed by atoms with E-state index in [1.807, 2.05) is 18.5 Å². The SMILES string of the molecule is Cc1cnc(N)nc1N1CC2(COCCC3CN32)c2ccc(C#CC(C)c3nccs3)cc21. The van der Waals surface area contributed by atoms with Gasteiger partial charge in [0, 0.05) is 65.9 Å². The zero-order chi connectivity index (χ0) is 22.6. The van der Waals surface area contributed by atoms with Crippen LogP contribution in [-0.4, -0.2) is 52.2 Å². The number of anilines is 3. The van der Waals surface area contributed by atoms with Crippen molar-refractivity contribution in [2.24, 2.45) is 0 Å². The maximum absolute atomic E-state index is 6.12. The van der Waals surface area contributed by atoms with Crippen molar-refractivity contribution >= 4 is 28.8 Å². The Bertz CT molecular complexity index is 1270. The molecular formula is C25H26N6OS. The predicted octanol–water partition coefficient (Wildman–Crippen LogP) is 3.43. The molecule has 33 heavy (non-hydrogen) atoms. The summed E-state index contributed by atoms with van der Waals surface area (Å²) in [6.45, 7) is 7.52. The highest BCUT2D eigenvalue weighted by Gasteiger charge is 2.57. The Morgan fingerprint density at radius 3 is 3.09 bits per heavy atom. The van der Waals surface area contributed by atoms with Gasteiger partial charge < -0.3 is 15.4 Å². The van der Waals surface area contributed by atoms with Gasteiger partial charge in [0.25, 0.3) is 0 Å². The van der Waals surface area contributed by atoms with Crippen LogP contribution in [0.1, 0.15) is 41.0 Å². The van der Waals surface area contributed by atoms with Gasteiger partial charge in [-0.2, -0.15) is 4.98 Å². The van der Waals surface area contributed by atoms with Crippen LogP contribution in [0.4, 0.5) is 17.5 Å². The summed E-state index contributed by atoms with van der Waals surface area (Å²) in [4.78, 5) is 18.1. The largest absolute Gasteiger partial charge is 0.379 e. The molecule has 0 bridgehead atoms. The van der Waals surface area contributed by atoms with Crippen molar-refractivity contribution in [2.45, 2.75) is 37.8 Å². The van der Waals surface area contributed by atoms with Gasteiger partial charge in [0.05, 0.1) is 18.1 Å². The Morgan fingerprint density at radius 1 is 1.33 bits per heavy atom. The van der Waals surface area contributed by atoms with Crippen molar-refractivity contribution in [3.05, 3.63) is 57.7 Å². The third kappa shape index (κ3) is 3.48. The maximum Gasteiger partial charge on any atom is 0.221 e. The summed E-state index contributed by atoms with van der Waals surface area (Å²) in [6.07, 6.45) is 4.72. The third-order valence-corrected chi connectivity index (χ3v) is 7.84. The molecule has 0 saturated carbocycles. The van der Waals surface area contributed by atoms with Crippen LogP contribution in [0, 0.1) is 18.8 Å². The second kappa shape index (κ2) is 7.80. The topological polar surface area (TPSA) is 80.2 Å². The first kappa shape index (κ1) is 20.6. The van der Waals surface area contributed by atoms with E-state index in [4.69, 9.17) is 10.5 Å². The number of nitrogens with zero attached hydrogens (tertiary/aromatic N) is 5. The fourth-order valence-electron chi connectivity index (χ4n) is 5.13. The number of nitrogen functional groups attached to an aromatic ring is 1. The van der Waals surface area contributed by atoms with Crippen molar-refractivity contribution in [3.8, 4) is 11.8 Å². The number of benzene rings is 1. The van der Waals surface area contributed by atoms with Crippen molar-refractivity contribution in [3.63, 3.8) is 0 Å². The first-order chi connectivity index (χ1) is 16.0. The summed E-state index contributed by atoms with van der Waals surface area (Å²) in [5.41, 5.74) is 10.2. The Hall–Kier alpha value is -2.99. The Morgan fingerprint density at radius 2 is 2.24 bits per heavy atom. The molecule has 7 nitrogen and oxygen atoms in total. The van der Waals surface area contributed by atoms with E-state index < -0.39 is 0 Å². The van der Waals surface area contributed by atoms with Gasteiger partial charge in [-0.3, -0.25) is 4.90 Å². The van der Waals surface area contributed by atoms with Crippen LogP contribution >= 0.6 is 11.3 Å². The summed E-state index contributed by atoms with van der Waals surface area (Å²) < 4.78 is 6.12. The summed E-state index contributed by atoms with van der Waals surface area (Å²) in [5, 5.41) is 3.03. The van der Waals surface area contributed by atoms with E-state index in [1.165, 1.54) is 5.56 Å². The lowest BCUT2D eigenvalue weighted by Gasteiger charge is -2.31. The van der Waals surface area contributed by atoms with Crippen LogP contribution in [0.15, 0.2) is 36.0 Å². The number of aromatic nitrogens is 3. The zero-order valence-electron chi connectivity index (χ0n) is 18.8. The minimum absolute atomic E-state index is 0.0956. The average molecular weight is 459 g/mol. The van der Waals surface area contributed by atoms with Gasteiger partial charge >= 0.3 is 0 Å². The number of rotatable bonds is 2. The molecule has 1 aromatic carbocycles. The minimum atomic E-state index is -0.178. The molecule has 2 saturated heterocycles. The number of nitrogens with two attached hydrogens (primary N) is 1. The van der Waals surface area contributed by atoms with Gasteiger partial charge in [0.15, 0.2) is 0 Å². The van der Waals surface area contributed by atoms with Gasteiger partial charge in [-0.25, -0.2) is 9.97 Å². The highest BCUT2D eigenvalue weighted by Crippen LogP contribution is 2.52. The van der Waals surface area contributed by atoms with E-state index >= 15 is 0 Å². The molecule has 0 amide bonds. The van der Waals surface area contributed by atoms with E-state index in [9.17, 15) is 0 Å². The molecule has 0 radical (unpaired) electrons. The third-order valence-electron chi connectivity index (χ3n) is 6.88. The lowest BCUT2D eigenvalue weighted by molar-refractivity contribution is 0.0661. The Labute approximate surface area is 197 Å². The normalized spacial score (nSPS) is 26.2. The molecule has 4 unspecified atom stereocenters. The molecular weight excluding hydrogens is 432 g/mol. The summed E-state index contributed by atoms with van der Waals surface area (Å²) in [6, 6.07) is 7.15. The van der Waals surface area contributed by atoms with Gasteiger partial charge in [0.1, 0.15) is 10.8 Å². The maximum atomic E-state index is 6.12. The van der Waals surface area contributed by atoms with Gasteiger partial charge in [-0.15, -0.1) is 11.3 Å². The van der Waals surface area contributed by atoms with Crippen LogP contribution in [0.3, 0.4) is 0 Å². The van der Waals surface area contributed by atoms with Crippen LogP contribution in [0.5, 0.6) is 0 Å². The first-order valence-electron chi connectivity index (χ1n) is 11.3. The number of thiazole rings is 1. The van der Waals surface area contributed by atoms with Gasteiger partial charge in [0.2, 0.25) is 5.95 Å². The van der Waals surface area contributed by atoms with E-state index in [-0.39, 0.29) is 17.4 Å². The standard InChI is InChI=1S/C25H26N6OS/c1-16(23-27-8-10-33-23)3-4-18-5-6-20-21(11-18)30(22-17(2)12-28-24(26)29-22)14-25(20)15-32-9-7-19-13-31(19)25/h5-6,8,10-12,16,19H,7,9,13-15H2,1-2H3,(H2,26,28,29). The van der Waals surface area contributed by atoms with Crippen LogP contribution in [0.2, 0.25) is 0 Å². The lowest BCUT2D eigenvalue weighted by atomic mass is 9.91. The highest BCUT2D eigenvalue weighted by molar-refractivity contribution is 7.09. The second-order valence-corrected chi connectivity index (χ2v) is 10.0. The van der Waals surface area contributed by atoms with Crippen LogP contribution in [0.25, 0.3) is 0 Å². The van der Waals surface area contributed by atoms with Crippen molar-refractivity contribution < 1.29 is 4.74 Å². The molecule has 3 aliphatic rings. The van der Waals surface area contributed by atoms with Gasteiger partial charge in [-0.05, 0) is 32.4 Å². The lowest BCUT2D eigenvalue weighted by Crippen LogP contribution is -2.43. The average Bonchev–Trinajstić information content (AvgIpc) is 3.29. The molecule has 4 atom stereocenters. The van der Waals surface area contributed by atoms with Crippen LogP contribution < -0.4 is 10.6 Å².